The minimum absolute atomic E-state index is 0.124. The zero-order chi connectivity index (χ0) is 19.6. The van der Waals surface area contributed by atoms with E-state index >= 15 is 0 Å². The molecule has 0 amide bonds. The fourth-order valence-corrected chi connectivity index (χ4v) is 4.16. The molecule has 3 nitrogen and oxygen atoms in total. The number of rotatable bonds is 5. The number of benzene rings is 3. The van der Waals surface area contributed by atoms with Crippen LogP contribution in [0.4, 0.5) is 0 Å². The summed E-state index contributed by atoms with van der Waals surface area (Å²) in [5, 5.41) is 0. The molecule has 1 aromatic heterocycles. The van der Waals surface area contributed by atoms with Crippen molar-refractivity contribution >= 4 is 0 Å². The van der Waals surface area contributed by atoms with E-state index in [9.17, 15) is 0 Å². The maximum atomic E-state index is 6.21. The van der Waals surface area contributed by atoms with E-state index in [1.54, 1.807) is 0 Å². The topological polar surface area (TPSA) is 43.8 Å². The first-order valence-electron chi connectivity index (χ1n) is 9.62. The monoisotopic (exact) mass is 367 g/mol. The van der Waals surface area contributed by atoms with Gasteiger partial charge in [-0.25, -0.2) is 4.98 Å². The van der Waals surface area contributed by atoms with Crippen molar-refractivity contribution in [3.05, 3.63) is 125 Å². The Morgan fingerprint density at radius 3 is 1.46 bits per heavy atom. The van der Waals surface area contributed by atoms with Crippen LogP contribution in [0, 0.1) is 6.92 Å². The van der Waals surface area contributed by atoms with Crippen molar-refractivity contribution < 1.29 is 0 Å². The van der Waals surface area contributed by atoms with Gasteiger partial charge in [0.1, 0.15) is 5.54 Å². The van der Waals surface area contributed by atoms with Crippen LogP contribution >= 0.6 is 0 Å². The van der Waals surface area contributed by atoms with E-state index in [4.69, 9.17) is 10.7 Å². The Labute approximate surface area is 166 Å². The van der Waals surface area contributed by atoms with Gasteiger partial charge in [0.2, 0.25) is 0 Å². The lowest BCUT2D eigenvalue weighted by Crippen LogP contribution is -2.38. The van der Waals surface area contributed by atoms with E-state index in [2.05, 4.69) is 102 Å². The number of hydrogen-bond acceptors (Lipinski definition) is 2. The van der Waals surface area contributed by atoms with Gasteiger partial charge in [0.15, 0.2) is 0 Å². The Morgan fingerprint density at radius 2 is 1.14 bits per heavy atom. The molecule has 0 bridgehead atoms. The highest BCUT2D eigenvalue weighted by Crippen LogP contribution is 2.42. The molecular formula is C25H25N3. The van der Waals surface area contributed by atoms with E-state index in [0.717, 1.165) is 11.4 Å². The highest BCUT2D eigenvalue weighted by molar-refractivity contribution is 5.51. The summed E-state index contributed by atoms with van der Waals surface area (Å²) in [4.78, 5) is 4.70. The molecule has 0 aliphatic rings. The summed E-state index contributed by atoms with van der Waals surface area (Å²) < 4.78 is 2.27. The quantitative estimate of drug-likeness (QED) is 0.502. The molecule has 3 aromatic carbocycles. The summed E-state index contributed by atoms with van der Waals surface area (Å²) >= 11 is 0. The number of hydrogen-bond donors (Lipinski definition) is 1. The van der Waals surface area contributed by atoms with Gasteiger partial charge in [0.05, 0.1) is 12.0 Å². The molecule has 0 radical (unpaired) electrons. The van der Waals surface area contributed by atoms with Crippen molar-refractivity contribution in [3.8, 4) is 0 Å². The SMILES string of the molecule is Cc1c(C(C)N)ncn1C(c1ccccc1)(c1ccccc1)c1ccccc1. The first-order chi connectivity index (χ1) is 13.7. The standard InChI is InChI=1S/C25H25N3/c1-19(26)24-20(2)28(18-27-24)25(21-12-6-3-7-13-21,22-14-8-4-9-15-22)23-16-10-5-11-17-23/h3-19H,26H2,1-2H3. The summed E-state index contributed by atoms with van der Waals surface area (Å²) in [6.45, 7) is 4.09. The molecule has 1 atom stereocenters. The van der Waals surface area contributed by atoms with Crippen molar-refractivity contribution in [1.29, 1.82) is 0 Å². The van der Waals surface area contributed by atoms with Gasteiger partial charge in [-0.3, -0.25) is 0 Å². The first-order valence-corrected chi connectivity index (χ1v) is 9.62. The lowest BCUT2D eigenvalue weighted by Gasteiger charge is -2.38. The molecule has 140 valence electrons. The number of imidazole rings is 1. The third-order valence-corrected chi connectivity index (χ3v) is 5.41. The maximum Gasteiger partial charge on any atom is 0.121 e. The second-order valence-electron chi connectivity index (χ2n) is 7.18. The molecule has 0 spiro atoms. The van der Waals surface area contributed by atoms with Crippen molar-refractivity contribution in [1.82, 2.24) is 9.55 Å². The average Bonchev–Trinajstić information content (AvgIpc) is 3.13. The van der Waals surface area contributed by atoms with Crippen LogP contribution in [0.15, 0.2) is 97.3 Å². The summed E-state index contributed by atoms with van der Waals surface area (Å²) in [5.41, 5.74) is 11.2. The molecule has 1 heterocycles. The summed E-state index contributed by atoms with van der Waals surface area (Å²) in [6, 6.07) is 31.7. The molecule has 3 heteroatoms. The van der Waals surface area contributed by atoms with Gasteiger partial charge in [-0.1, -0.05) is 91.0 Å². The van der Waals surface area contributed by atoms with Crippen molar-refractivity contribution in [2.75, 3.05) is 0 Å². The van der Waals surface area contributed by atoms with Crippen LogP contribution in [0.3, 0.4) is 0 Å². The normalized spacial score (nSPS) is 12.7. The average molecular weight is 367 g/mol. The summed E-state index contributed by atoms with van der Waals surface area (Å²) in [7, 11) is 0. The Kier molecular flexibility index (Phi) is 4.84. The van der Waals surface area contributed by atoms with Gasteiger partial charge >= 0.3 is 0 Å². The zero-order valence-electron chi connectivity index (χ0n) is 16.3. The summed E-state index contributed by atoms with van der Waals surface area (Å²) in [5.74, 6) is 0. The van der Waals surface area contributed by atoms with Crippen LogP contribution in [0.5, 0.6) is 0 Å². The van der Waals surface area contributed by atoms with Gasteiger partial charge in [0, 0.05) is 11.7 Å². The van der Waals surface area contributed by atoms with Crippen molar-refractivity contribution in [3.63, 3.8) is 0 Å². The highest BCUT2D eigenvalue weighted by atomic mass is 15.1. The smallest absolute Gasteiger partial charge is 0.121 e. The van der Waals surface area contributed by atoms with E-state index in [1.165, 1.54) is 16.7 Å². The third-order valence-electron chi connectivity index (χ3n) is 5.41. The minimum Gasteiger partial charge on any atom is -0.323 e. The first kappa shape index (κ1) is 18.2. The van der Waals surface area contributed by atoms with Gasteiger partial charge in [-0.2, -0.15) is 0 Å². The number of aromatic nitrogens is 2. The van der Waals surface area contributed by atoms with Crippen LogP contribution in [0.2, 0.25) is 0 Å². The fraction of sp³-hybridized carbons (Fsp3) is 0.160. The lowest BCUT2D eigenvalue weighted by molar-refractivity contribution is 0.502. The van der Waals surface area contributed by atoms with Crippen LogP contribution in [-0.2, 0) is 5.54 Å². The second kappa shape index (κ2) is 7.45. The van der Waals surface area contributed by atoms with E-state index < -0.39 is 5.54 Å². The molecule has 0 aliphatic carbocycles. The van der Waals surface area contributed by atoms with Crippen molar-refractivity contribution in [2.45, 2.75) is 25.4 Å². The maximum absolute atomic E-state index is 6.21. The number of nitrogens with two attached hydrogens (primary N) is 1. The van der Waals surface area contributed by atoms with Crippen LogP contribution < -0.4 is 5.73 Å². The van der Waals surface area contributed by atoms with Gasteiger partial charge < -0.3 is 10.3 Å². The van der Waals surface area contributed by atoms with Crippen LogP contribution in [-0.4, -0.2) is 9.55 Å². The predicted octanol–water partition coefficient (Wildman–Crippen LogP) is 5.05. The minimum atomic E-state index is -0.534. The van der Waals surface area contributed by atoms with Crippen molar-refractivity contribution in [2.24, 2.45) is 5.73 Å². The Morgan fingerprint density at radius 1 is 0.750 bits per heavy atom. The largest absolute Gasteiger partial charge is 0.323 e. The van der Waals surface area contributed by atoms with Gasteiger partial charge in [0.25, 0.3) is 0 Å². The second-order valence-corrected chi connectivity index (χ2v) is 7.18. The molecule has 0 saturated carbocycles. The van der Waals surface area contributed by atoms with Gasteiger partial charge in [-0.15, -0.1) is 0 Å². The van der Waals surface area contributed by atoms with E-state index in [0.29, 0.717) is 0 Å². The predicted molar refractivity (Wildman–Crippen MR) is 114 cm³/mol. The third kappa shape index (κ3) is 2.85. The number of nitrogens with zero attached hydrogens (tertiary/aromatic N) is 2. The van der Waals surface area contributed by atoms with Crippen LogP contribution in [0.1, 0.15) is 41.0 Å². The van der Waals surface area contributed by atoms with E-state index in [1.807, 2.05) is 13.3 Å². The molecule has 4 aromatic rings. The van der Waals surface area contributed by atoms with Gasteiger partial charge in [-0.05, 0) is 30.5 Å². The summed E-state index contributed by atoms with van der Waals surface area (Å²) in [6.07, 6.45) is 1.93. The molecule has 0 fully saturated rings. The molecule has 0 aliphatic heterocycles. The molecule has 28 heavy (non-hydrogen) atoms. The molecular weight excluding hydrogens is 342 g/mol. The fourth-order valence-electron chi connectivity index (χ4n) is 4.16. The Bertz CT molecular complexity index is 938. The van der Waals surface area contributed by atoms with Crippen LogP contribution in [0.25, 0.3) is 0 Å². The zero-order valence-corrected chi connectivity index (χ0v) is 16.3. The molecule has 1 unspecified atom stereocenters. The Hall–Kier alpha value is -3.17. The van der Waals surface area contributed by atoms with E-state index in [-0.39, 0.29) is 6.04 Å². The lowest BCUT2D eigenvalue weighted by atomic mass is 9.76. The Balaban J connectivity index is 2.14. The molecule has 4 rings (SSSR count). The highest BCUT2D eigenvalue weighted by Gasteiger charge is 2.39. The molecule has 0 saturated heterocycles. The molecule has 2 N–H and O–H groups in total.